The van der Waals surface area contributed by atoms with E-state index in [9.17, 15) is 5.11 Å². The minimum atomic E-state index is -0.542. The molecule has 2 heteroatoms. The summed E-state index contributed by atoms with van der Waals surface area (Å²) in [7, 11) is 0. The summed E-state index contributed by atoms with van der Waals surface area (Å²) < 4.78 is 0. The highest BCUT2D eigenvalue weighted by atomic mass is 16.3. The van der Waals surface area contributed by atoms with E-state index in [1.54, 1.807) is 0 Å². The van der Waals surface area contributed by atoms with Crippen molar-refractivity contribution < 1.29 is 5.11 Å². The van der Waals surface area contributed by atoms with Gasteiger partial charge in [-0.2, -0.15) is 0 Å². The number of rotatable bonds is 4. The molecule has 0 radical (unpaired) electrons. The second-order valence-electron chi connectivity index (χ2n) is 5.34. The second-order valence-corrected chi connectivity index (χ2v) is 5.34. The Morgan fingerprint density at radius 1 is 0.810 bits per heavy atom. The van der Waals surface area contributed by atoms with Gasteiger partial charge in [-0.1, -0.05) is 72.8 Å². The predicted molar refractivity (Wildman–Crippen MR) is 86.9 cm³/mol. The van der Waals surface area contributed by atoms with Crippen LogP contribution in [-0.2, 0) is 0 Å². The predicted octanol–water partition coefficient (Wildman–Crippen LogP) is 3.96. The molecule has 0 aliphatic carbocycles. The van der Waals surface area contributed by atoms with Gasteiger partial charge in [-0.05, 0) is 28.3 Å². The number of hydrogen-bond donors (Lipinski definition) is 2. The van der Waals surface area contributed by atoms with E-state index in [1.165, 1.54) is 5.39 Å². The number of nitrogens with two attached hydrogens (primary N) is 1. The van der Waals surface area contributed by atoms with Crippen LogP contribution < -0.4 is 5.73 Å². The molecular formula is C19H19NO. The van der Waals surface area contributed by atoms with Crippen molar-refractivity contribution in [3.63, 3.8) is 0 Å². The van der Waals surface area contributed by atoms with Gasteiger partial charge in [0.15, 0.2) is 0 Å². The molecule has 21 heavy (non-hydrogen) atoms. The van der Waals surface area contributed by atoms with E-state index in [1.807, 2.05) is 54.6 Å². The number of aliphatic hydroxyl groups excluding tert-OH is 1. The molecule has 0 amide bonds. The first kappa shape index (κ1) is 13.8. The van der Waals surface area contributed by atoms with Crippen LogP contribution in [0.15, 0.2) is 72.8 Å². The molecule has 3 rings (SSSR count). The Labute approximate surface area is 124 Å². The fourth-order valence-electron chi connectivity index (χ4n) is 2.75. The molecule has 106 valence electrons. The first-order chi connectivity index (χ1) is 10.3. The molecule has 0 aliphatic rings. The van der Waals surface area contributed by atoms with E-state index in [-0.39, 0.29) is 6.04 Å². The third-order valence-corrected chi connectivity index (χ3v) is 3.88. The molecule has 0 saturated heterocycles. The molecule has 3 aromatic carbocycles. The summed E-state index contributed by atoms with van der Waals surface area (Å²) in [5, 5.41) is 12.7. The van der Waals surface area contributed by atoms with Crippen LogP contribution >= 0.6 is 0 Å². The molecule has 3 aromatic rings. The number of hydrogen-bond acceptors (Lipinski definition) is 2. The van der Waals surface area contributed by atoms with E-state index in [0.29, 0.717) is 6.42 Å². The van der Waals surface area contributed by atoms with Crippen molar-refractivity contribution in [3.05, 3.63) is 83.9 Å². The summed E-state index contributed by atoms with van der Waals surface area (Å²) in [6, 6.07) is 23.8. The Morgan fingerprint density at radius 3 is 2.29 bits per heavy atom. The maximum atomic E-state index is 10.3. The van der Waals surface area contributed by atoms with Crippen LogP contribution in [0.3, 0.4) is 0 Å². The first-order valence-corrected chi connectivity index (χ1v) is 7.22. The Kier molecular flexibility index (Phi) is 4.00. The number of fused-ring (bicyclic) bond motifs is 1. The fraction of sp³-hybridized carbons (Fsp3) is 0.158. The van der Waals surface area contributed by atoms with Gasteiger partial charge >= 0.3 is 0 Å². The van der Waals surface area contributed by atoms with E-state index in [4.69, 9.17) is 5.73 Å². The summed E-state index contributed by atoms with van der Waals surface area (Å²) in [5.74, 6) is 0. The minimum absolute atomic E-state index is 0.189. The topological polar surface area (TPSA) is 46.2 Å². The smallest absolute Gasteiger partial charge is 0.0808 e. The van der Waals surface area contributed by atoms with Gasteiger partial charge in [-0.15, -0.1) is 0 Å². The van der Waals surface area contributed by atoms with Crippen LogP contribution in [0.2, 0.25) is 0 Å². The van der Waals surface area contributed by atoms with Crippen molar-refractivity contribution in [2.45, 2.75) is 18.6 Å². The zero-order chi connectivity index (χ0) is 14.7. The lowest BCUT2D eigenvalue weighted by molar-refractivity contribution is 0.158. The molecule has 0 aliphatic heterocycles. The lowest BCUT2D eigenvalue weighted by Crippen LogP contribution is -2.15. The van der Waals surface area contributed by atoms with E-state index in [0.717, 1.165) is 16.5 Å². The summed E-state index contributed by atoms with van der Waals surface area (Å²) in [6.07, 6.45) is -0.0296. The molecule has 2 unspecified atom stereocenters. The van der Waals surface area contributed by atoms with Gasteiger partial charge in [0.2, 0.25) is 0 Å². The van der Waals surface area contributed by atoms with Gasteiger partial charge in [0, 0.05) is 6.04 Å². The van der Waals surface area contributed by atoms with Crippen molar-refractivity contribution in [1.29, 1.82) is 0 Å². The summed E-state index contributed by atoms with van der Waals surface area (Å²) in [5.41, 5.74) is 8.34. The van der Waals surface area contributed by atoms with Crippen LogP contribution in [0.5, 0.6) is 0 Å². The van der Waals surface area contributed by atoms with Gasteiger partial charge in [0.05, 0.1) is 6.10 Å². The molecule has 0 bridgehead atoms. The van der Waals surface area contributed by atoms with Crippen LogP contribution in [0.25, 0.3) is 10.8 Å². The second kappa shape index (κ2) is 6.08. The lowest BCUT2D eigenvalue weighted by Gasteiger charge is -2.19. The molecule has 0 saturated carbocycles. The van der Waals surface area contributed by atoms with Gasteiger partial charge < -0.3 is 10.8 Å². The normalized spacial score (nSPS) is 14.0. The molecule has 3 N–H and O–H groups in total. The standard InChI is InChI=1S/C19H19NO/c20-18(13-19(21)15-8-2-1-3-9-15)17-12-6-10-14-7-4-5-11-16(14)17/h1-12,18-19,21H,13,20H2. The molecule has 0 spiro atoms. The lowest BCUT2D eigenvalue weighted by atomic mass is 9.93. The van der Waals surface area contributed by atoms with E-state index in [2.05, 4.69) is 18.2 Å². The minimum Gasteiger partial charge on any atom is -0.388 e. The summed E-state index contributed by atoms with van der Waals surface area (Å²) >= 11 is 0. The maximum Gasteiger partial charge on any atom is 0.0808 e. The number of aliphatic hydroxyl groups is 1. The third-order valence-electron chi connectivity index (χ3n) is 3.88. The van der Waals surface area contributed by atoms with Crippen LogP contribution in [0.4, 0.5) is 0 Å². The zero-order valence-electron chi connectivity index (χ0n) is 11.8. The number of benzene rings is 3. The SMILES string of the molecule is NC(CC(O)c1ccccc1)c1cccc2ccccc12. The highest BCUT2D eigenvalue weighted by molar-refractivity contribution is 5.86. The summed E-state index contributed by atoms with van der Waals surface area (Å²) in [4.78, 5) is 0. The van der Waals surface area contributed by atoms with Crippen LogP contribution in [0.1, 0.15) is 29.7 Å². The average molecular weight is 277 g/mol. The Balaban J connectivity index is 1.86. The molecule has 2 atom stereocenters. The highest BCUT2D eigenvalue weighted by Crippen LogP contribution is 2.29. The van der Waals surface area contributed by atoms with Crippen LogP contribution in [0, 0.1) is 0 Å². The van der Waals surface area contributed by atoms with Gasteiger partial charge in [-0.3, -0.25) is 0 Å². The molecular weight excluding hydrogens is 258 g/mol. The average Bonchev–Trinajstić information content (AvgIpc) is 2.55. The van der Waals surface area contributed by atoms with Crippen molar-refractivity contribution >= 4 is 10.8 Å². The van der Waals surface area contributed by atoms with Gasteiger partial charge in [0.1, 0.15) is 0 Å². The van der Waals surface area contributed by atoms with E-state index >= 15 is 0 Å². The Morgan fingerprint density at radius 2 is 1.48 bits per heavy atom. The largest absolute Gasteiger partial charge is 0.388 e. The quantitative estimate of drug-likeness (QED) is 0.758. The molecule has 0 aromatic heterocycles. The maximum absolute atomic E-state index is 10.3. The summed E-state index contributed by atoms with van der Waals surface area (Å²) in [6.45, 7) is 0. The highest BCUT2D eigenvalue weighted by Gasteiger charge is 2.15. The molecule has 2 nitrogen and oxygen atoms in total. The monoisotopic (exact) mass is 277 g/mol. The van der Waals surface area contributed by atoms with Gasteiger partial charge in [-0.25, -0.2) is 0 Å². The Hall–Kier alpha value is -2.16. The third kappa shape index (κ3) is 2.97. The first-order valence-electron chi connectivity index (χ1n) is 7.22. The van der Waals surface area contributed by atoms with Crippen LogP contribution in [-0.4, -0.2) is 5.11 Å². The Bertz CT molecular complexity index is 718. The van der Waals surface area contributed by atoms with Crippen molar-refractivity contribution in [2.75, 3.05) is 0 Å². The van der Waals surface area contributed by atoms with Crippen molar-refractivity contribution in [2.24, 2.45) is 5.73 Å². The van der Waals surface area contributed by atoms with Crippen molar-refractivity contribution in [3.8, 4) is 0 Å². The van der Waals surface area contributed by atoms with Crippen molar-refractivity contribution in [1.82, 2.24) is 0 Å². The fourth-order valence-corrected chi connectivity index (χ4v) is 2.75. The zero-order valence-corrected chi connectivity index (χ0v) is 11.8. The molecule has 0 heterocycles. The van der Waals surface area contributed by atoms with Gasteiger partial charge in [0.25, 0.3) is 0 Å². The van der Waals surface area contributed by atoms with E-state index < -0.39 is 6.10 Å². The molecule has 0 fully saturated rings.